The number of fused-ring (bicyclic) bond motifs is 1. The highest BCUT2D eigenvalue weighted by Gasteiger charge is 2.23. The van der Waals surface area contributed by atoms with E-state index in [-0.39, 0.29) is 24.0 Å². The Bertz CT molecular complexity index is 754. The van der Waals surface area contributed by atoms with Gasteiger partial charge >= 0.3 is 0 Å². The van der Waals surface area contributed by atoms with Crippen molar-refractivity contribution in [1.29, 1.82) is 0 Å². The Morgan fingerprint density at radius 3 is 2.69 bits per heavy atom. The minimum absolute atomic E-state index is 0. The molecule has 0 radical (unpaired) electrons. The number of guanidine groups is 1. The number of para-hydroxylation sites is 1. The summed E-state index contributed by atoms with van der Waals surface area (Å²) in [4.78, 5) is 10.8. The molecule has 1 fully saturated rings. The molecule has 3 rings (SSSR count). The molecule has 1 atom stereocenters. The lowest BCUT2D eigenvalue weighted by Crippen LogP contribution is -2.48. The molecule has 29 heavy (non-hydrogen) atoms. The molecule has 2 aromatic rings. The molecule has 1 aromatic carbocycles. The number of H-pyrrole nitrogens is 1. The van der Waals surface area contributed by atoms with Gasteiger partial charge in [0.2, 0.25) is 0 Å². The molecule has 1 aromatic heterocycles. The Kier molecular flexibility index (Phi) is 10.2. The van der Waals surface area contributed by atoms with Crippen LogP contribution in [0.1, 0.15) is 26.3 Å². The van der Waals surface area contributed by atoms with Gasteiger partial charge in [0.05, 0.1) is 19.8 Å². The number of aromatic amines is 1. The van der Waals surface area contributed by atoms with E-state index in [1.54, 1.807) is 0 Å². The van der Waals surface area contributed by atoms with Gasteiger partial charge < -0.3 is 20.4 Å². The van der Waals surface area contributed by atoms with Crippen LogP contribution < -0.4 is 10.6 Å². The molecule has 6 nitrogen and oxygen atoms in total. The summed E-state index contributed by atoms with van der Waals surface area (Å²) in [7, 11) is 0. The van der Waals surface area contributed by atoms with Gasteiger partial charge in [0.15, 0.2) is 5.96 Å². The molecule has 0 spiro atoms. The number of hydrogen-bond donors (Lipinski definition) is 3. The number of rotatable bonds is 8. The van der Waals surface area contributed by atoms with Crippen LogP contribution in [0.15, 0.2) is 35.5 Å². The molecule has 1 unspecified atom stereocenters. The fourth-order valence-corrected chi connectivity index (χ4v) is 3.84. The van der Waals surface area contributed by atoms with Crippen molar-refractivity contribution in [3.63, 3.8) is 0 Å². The van der Waals surface area contributed by atoms with E-state index in [0.717, 1.165) is 58.3 Å². The van der Waals surface area contributed by atoms with Gasteiger partial charge in [-0.15, -0.1) is 24.0 Å². The van der Waals surface area contributed by atoms with Gasteiger partial charge in [-0.1, -0.05) is 32.0 Å². The van der Waals surface area contributed by atoms with Crippen molar-refractivity contribution < 1.29 is 4.74 Å². The van der Waals surface area contributed by atoms with Crippen molar-refractivity contribution in [1.82, 2.24) is 20.5 Å². The van der Waals surface area contributed by atoms with Gasteiger partial charge in [-0.25, -0.2) is 0 Å². The third kappa shape index (κ3) is 6.86. The zero-order chi connectivity index (χ0) is 19.8. The number of nitrogens with one attached hydrogen (secondary N) is 3. The van der Waals surface area contributed by atoms with Crippen LogP contribution in [0.4, 0.5) is 0 Å². The molecule has 0 bridgehead atoms. The normalized spacial score (nSPS) is 16.6. The first-order valence-corrected chi connectivity index (χ1v) is 10.6. The first-order chi connectivity index (χ1) is 13.7. The molecular weight excluding hydrogens is 477 g/mol. The average molecular weight is 513 g/mol. The van der Waals surface area contributed by atoms with E-state index < -0.39 is 0 Å². The summed E-state index contributed by atoms with van der Waals surface area (Å²) in [6, 6.07) is 8.91. The highest BCUT2D eigenvalue weighted by Crippen LogP contribution is 2.17. The summed E-state index contributed by atoms with van der Waals surface area (Å²) in [6.45, 7) is 12.9. The summed E-state index contributed by atoms with van der Waals surface area (Å²) in [6.07, 6.45) is 3.08. The Hall–Kier alpha value is -1.32. The molecular formula is C22H36IN5O. The number of aromatic nitrogens is 1. The average Bonchev–Trinajstić information content (AvgIpc) is 3.12. The van der Waals surface area contributed by atoms with Crippen LogP contribution in [0.3, 0.4) is 0 Å². The largest absolute Gasteiger partial charge is 0.379 e. The topological polar surface area (TPSA) is 64.7 Å². The lowest BCUT2D eigenvalue weighted by Gasteiger charge is -2.36. The second kappa shape index (κ2) is 12.4. The summed E-state index contributed by atoms with van der Waals surface area (Å²) in [5.41, 5.74) is 2.54. The van der Waals surface area contributed by atoms with Gasteiger partial charge in [0, 0.05) is 49.3 Å². The molecule has 1 aliphatic rings. The molecule has 0 amide bonds. The number of hydrogen-bond acceptors (Lipinski definition) is 3. The van der Waals surface area contributed by atoms with Crippen molar-refractivity contribution in [2.45, 2.75) is 33.2 Å². The van der Waals surface area contributed by atoms with Crippen LogP contribution in [0.2, 0.25) is 0 Å². The highest BCUT2D eigenvalue weighted by molar-refractivity contribution is 14.0. The van der Waals surface area contributed by atoms with Crippen LogP contribution in [0.25, 0.3) is 10.9 Å². The van der Waals surface area contributed by atoms with Crippen molar-refractivity contribution in [2.75, 3.05) is 45.9 Å². The Morgan fingerprint density at radius 2 is 1.97 bits per heavy atom. The van der Waals surface area contributed by atoms with E-state index >= 15 is 0 Å². The number of benzene rings is 1. The monoisotopic (exact) mass is 513 g/mol. The van der Waals surface area contributed by atoms with Crippen molar-refractivity contribution in [2.24, 2.45) is 10.9 Å². The molecule has 2 heterocycles. The predicted octanol–water partition coefficient (Wildman–Crippen LogP) is 3.24. The molecule has 1 aliphatic heterocycles. The number of ether oxygens (including phenoxy) is 1. The van der Waals surface area contributed by atoms with Crippen molar-refractivity contribution >= 4 is 40.8 Å². The zero-order valence-corrected chi connectivity index (χ0v) is 20.2. The fourth-order valence-electron chi connectivity index (χ4n) is 3.84. The van der Waals surface area contributed by atoms with Crippen LogP contribution in [-0.2, 0) is 11.2 Å². The van der Waals surface area contributed by atoms with Gasteiger partial charge in [0.1, 0.15) is 0 Å². The summed E-state index contributed by atoms with van der Waals surface area (Å²) < 4.78 is 5.51. The lowest BCUT2D eigenvalue weighted by atomic mass is 10.0. The van der Waals surface area contributed by atoms with Gasteiger partial charge in [0.25, 0.3) is 0 Å². The number of aliphatic imine (C=N–C) groups is 1. The van der Waals surface area contributed by atoms with Gasteiger partial charge in [-0.3, -0.25) is 9.89 Å². The van der Waals surface area contributed by atoms with Crippen LogP contribution in [-0.4, -0.2) is 67.8 Å². The standard InChI is InChI=1S/C22H35N5O.HI/c1-4-23-22(26-16-21(17(2)3)27-11-13-28-14-12-27)24-10-9-18-15-25-20-8-6-5-7-19(18)20;/h5-8,15,17,21,25H,4,9-14,16H2,1-3H3,(H2,23,24,26);1H. The molecule has 3 N–H and O–H groups in total. The van der Waals surface area contributed by atoms with E-state index in [0.29, 0.717) is 12.0 Å². The quantitative estimate of drug-likeness (QED) is 0.288. The number of halogens is 1. The van der Waals surface area contributed by atoms with E-state index in [2.05, 4.69) is 71.8 Å². The molecule has 162 valence electrons. The van der Waals surface area contributed by atoms with E-state index in [1.165, 1.54) is 16.5 Å². The Labute approximate surface area is 191 Å². The summed E-state index contributed by atoms with van der Waals surface area (Å²) in [5.74, 6) is 1.47. The second-order valence-electron chi connectivity index (χ2n) is 7.72. The minimum atomic E-state index is 0. The first-order valence-electron chi connectivity index (χ1n) is 10.6. The summed E-state index contributed by atoms with van der Waals surface area (Å²) >= 11 is 0. The minimum Gasteiger partial charge on any atom is -0.379 e. The Morgan fingerprint density at radius 1 is 1.21 bits per heavy atom. The van der Waals surface area contributed by atoms with Gasteiger partial charge in [-0.05, 0) is 30.9 Å². The predicted molar refractivity (Wildman–Crippen MR) is 132 cm³/mol. The van der Waals surface area contributed by atoms with Gasteiger partial charge in [-0.2, -0.15) is 0 Å². The van der Waals surface area contributed by atoms with Crippen molar-refractivity contribution in [3.05, 3.63) is 36.0 Å². The first kappa shape index (κ1) is 24.0. The maximum atomic E-state index is 5.51. The number of morpholine rings is 1. The van der Waals surface area contributed by atoms with Crippen LogP contribution >= 0.6 is 24.0 Å². The zero-order valence-electron chi connectivity index (χ0n) is 17.9. The van der Waals surface area contributed by atoms with E-state index in [1.807, 2.05) is 0 Å². The summed E-state index contributed by atoms with van der Waals surface area (Å²) in [5, 5.41) is 8.19. The number of nitrogens with zero attached hydrogens (tertiary/aromatic N) is 2. The maximum Gasteiger partial charge on any atom is 0.191 e. The maximum absolute atomic E-state index is 5.51. The molecule has 0 aliphatic carbocycles. The smallest absolute Gasteiger partial charge is 0.191 e. The molecule has 1 saturated heterocycles. The van der Waals surface area contributed by atoms with Crippen molar-refractivity contribution in [3.8, 4) is 0 Å². The molecule has 0 saturated carbocycles. The third-order valence-electron chi connectivity index (χ3n) is 5.43. The second-order valence-corrected chi connectivity index (χ2v) is 7.72. The highest BCUT2D eigenvalue weighted by atomic mass is 127. The van der Waals surface area contributed by atoms with Crippen LogP contribution in [0, 0.1) is 5.92 Å². The lowest BCUT2D eigenvalue weighted by molar-refractivity contribution is 0.00867. The van der Waals surface area contributed by atoms with E-state index in [9.17, 15) is 0 Å². The third-order valence-corrected chi connectivity index (χ3v) is 5.43. The van der Waals surface area contributed by atoms with E-state index in [4.69, 9.17) is 9.73 Å². The van der Waals surface area contributed by atoms with Crippen LogP contribution in [0.5, 0.6) is 0 Å². The fraction of sp³-hybridized carbons (Fsp3) is 0.591. The Balaban J connectivity index is 0.00000300. The SMILES string of the molecule is CCNC(=NCC(C(C)C)N1CCOCC1)NCCc1c[nH]c2ccccc12.I. The molecule has 7 heteroatoms.